The number of nitrogens with two attached hydrogens (primary N) is 1. The molecular weight excluding hydrogens is 340 g/mol. The average Bonchev–Trinajstić information content (AvgIpc) is 2.93. The van der Waals surface area contributed by atoms with Crippen LogP contribution in [0.25, 0.3) is 0 Å². The number of likely N-dealkylation sites (tertiary alicyclic amines) is 3. The van der Waals surface area contributed by atoms with Crippen LogP contribution < -0.4 is 5.73 Å². The van der Waals surface area contributed by atoms with Gasteiger partial charge < -0.3 is 15.5 Å². The van der Waals surface area contributed by atoms with Gasteiger partial charge in [-0.1, -0.05) is 26.7 Å². The predicted molar refractivity (Wildman–Crippen MR) is 107 cm³/mol. The molecular formula is C21H38N4O2. The third-order valence-electron chi connectivity index (χ3n) is 6.86. The van der Waals surface area contributed by atoms with E-state index in [1.54, 1.807) is 0 Å². The highest BCUT2D eigenvalue weighted by Gasteiger charge is 2.35. The van der Waals surface area contributed by atoms with Gasteiger partial charge in [-0.2, -0.15) is 0 Å². The maximum absolute atomic E-state index is 12.8. The van der Waals surface area contributed by atoms with E-state index in [1.165, 1.54) is 12.8 Å². The van der Waals surface area contributed by atoms with Gasteiger partial charge in [0.2, 0.25) is 11.8 Å². The maximum Gasteiger partial charge on any atom is 0.236 e. The van der Waals surface area contributed by atoms with Crippen molar-refractivity contribution in [2.75, 3.05) is 45.8 Å². The summed E-state index contributed by atoms with van der Waals surface area (Å²) in [4.78, 5) is 31.8. The summed E-state index contributed by atoms with van der Waals surface area (Å²) < 4.78 is 0. The zero-order chi connectivity index (χ0) is 19.4. The number of amides is 2. The molecule has 0 aromatic heterocycles. The summed E-state index contributed by atoms with van der Waals surface area (Å²) in [5, 5.41) is 0. The van der Waals surface area contributed by atoms with E-state index in [9.17, 15) is 9.59 Å². The lowest BCUT2D eigenvalue weighted by atomic mass is 9.80. The van der Waals surface area contributed by atoms with Gasteiger partial charge in [0.1, 0.15) is 0 Å². The molecule has 6 nitrogen and oxygen atoms in total. The average molecular weight is 379 g/mol. The van der Waals surface area contributed by atoms with Crippen LogP contribution in [-0.4, -0.2) is 78.4 Å². The molecule has 3 aliphatic heterocycles. The summed E-state index contributed by atoms with van der Waals surface area (Å²) in [6.07, 6.45) is 7.35. The molecule has 0 aliphatic carbocycles. The van der Waals surface area contributed by atoms with Crippen molar-refractivity contribution in [3.8, 4) is 0 Å². The largest absolute Gasteiger partial charge is 0.342 e. The molecule has 0 aromatic carbocycles. The minimum Gasteiger partial charge on any atom is -0.342 e. The first-order valence-corrected chi connectivity index (χ1v) is 10.9. The smallest absolute Gasteiger partial charge is 0.236 e. The molecule has 2 N–H and O–H groups in total. The fourth-order valence-corrected chi connectivity index (χ4v) is 4.84. The van der Waals surface area contributed by atoms with Gasteiger partial charge in [-0.3, -0.25) is 14.5 Å². The molecule has 3 heterocycles. The van der Waals surface area contributed by atoms with Crippen LogP contribution in [0.3, 0.4) is 0 Å². The highest BCUT2D eigenvalue weighted by Crippen LogP contribution is 2.28. The number of carbonyl (C=O) groups excluding carboxylic acids is 2. The molecule has 3 aliphatic rings. The van der Waals surface area contributed by atoms with Crippen LogP contribution in [0.2, 0.25) is 0 Å². The second-order valence-electron chi connectivity index (χ2n) is 9.49. The van der Waals surface area contributed by atoms with Crippen LogP contribution in [0.5, 0.6) is 0 Å². The molecule has 1 unspecified atom stereocenters. The number of nitrogens with zero attached hydrogens (tertiary/aromatic N) is 3. The van der Waals surface area contributed by atoms with Gasteiger partial charge >= 0.3 is 0 Å². The van der Waals surface area contributed by atoms with Crippen LogP contribution >= 0.6 is 0 Å². The fraction of sp³-hybridized carbons (Fsp3) is 0.905. The number of carbonyl (C=O) groups is 2. The van der Waals surface area contributed by atoms with Crippen molar-refractivity contribution in [2.24, 2.45) is 17.1 Å². The minimum atomic E-state index is 0.0606. The van der Waals surface area contributed by atoms with Crippen molar-refractivity contribution in [1.29, 1.82) is 0 Å². The van der Waals surface area contributed by atoms with Crippen molar-refractivity contribution in [1.82, 2.24) is 14.7 Å². The van der Waals surface area contributed by atoms with Crippen LogP contribution in [0, 0.1) is 11.3 Å². The first-order valence-electron chi connectivity index (χ1n) is 10.9. The van der Waals surface area contributed by atoms with Crippen molar-refractivity contribution in [3.05, 3.63) is 0 Å². The maximum atomic E-state index is 12.8. The molecule has 0 saturated carbocycles. The van der Waals surface area contributed by atoms with Crippen molar-refractivity contribution in [3.63, 3.8) is 0 Å². The standard InChI is InChI=1S/C21H38N4O2/c1-21(2)16-23(12-9-18(21)22)15-19(26)24-13-7-17(8-14-24)20(27)25-10-5-3-4-6-11-25/h17-18H,3-16,22H2,1-2H3. The third kappa shape index (κ3) is 5.23. The summed E-state index contributed by atoms with van der Waals surface area (Å²) in [5.41, 5.74) is 6.27. The van der Waals surface area contributed by atoms with Gasteiger partial charge in [0.15, 0.2) is 0 Å². The molecule has 154 valence electrons. The fourth-order valence-electron chi connectivity index (χ4n) is 4.84. The highest BCUT2D eigenvalue weighted by molar-refractivity contribution is 5.81. The number of hydrogen-bond acceptors (Lipinski definition) is 4. The molecule has 0 bridgehead atoms. The molecule has 0 aromatic rings. The summed E-state index contributed by atoms with van der Waals surface area (Å²) in [6, 6.07) is 0.213. The second kappa shape index (κ2) is 8.91. The van der Waals surface area contributed by atoms with E-state index in [0.717, 1.165) is 71.4 Å². The zero-order valence-electron chi connectivity index (χ0n) is 17.3. The van der Waals surface area contributed by atoms with Crippen molar-refractivity contribution in [2.45, 2.75) is 64.8 Å². The lowest BCUT2D eigenvalue weighted by molar-refractivity contribution is -0.141. The Hall–Kier alpha value is -1.14. The highest BCUT2D eigenvalue weighted by atomic mass is 16.2. The summed E-state index contributed by atoms with van der Waals surface area (Å²) in [5.74, 6) is 0.650. The molecule has 3 fully saturated rings. The van der Waals surface area contributed by atoms with Gasteiger partial charge in [0.05, 0.1) is 6.54 Å². The van der Waals surface area contributed by atoms with Crippen LogP contribution in [-0.2, 0) is 9.59 Å². The van der Waals surface area contributed by atoms with Crippen LogP contribution in [0.1, 0.15) is 58.8 Å². The Morgan fingerprint density at radius 2 is 1.52 bits per heavy atom. The second-order valence-corrected chi connectivity index (χ2v) is 9.49. The number of rotatable bonds is 3. The Bertz CT molecular complexity index is 520. The summed E-state index contributed by atoms with van der Waals surface area (Å²) in [6.45, 7) is 9.93. The Morgan fingerprint density at radius 1 is 0.889 bits per heavy atom. The van der Waals surface area contributed by atoms with Gasteiger partial charge in [-0.25, -0.2) is 0 Å². The normalized spacial score (nSPS) is 28.0. The number of piperidine rings is 2. The molecule has 6 heteroatoms. The van der Waals surface area contributed by atoms with E-state index in [0.29, 0.717) is 12.5 Å². The van der Waals surface area contributed by atoms with Crippen molar-refractivity contribution < 1.29 is 9.59 Å². The van der Waals surface area contributed by atoms with E-state index in [2.05, 4.69) is 23.6 Å². The first kappa shape index (κ1) is 20.6. The lowest BCUT2D eigenvalue weighted by Crippen LogP contribution is -2.55. The Labute approximate surface area is 164 Å². The molecule has 3 saturated heterocycles. The van der Waals surface area contributed by atoms with Crippen LogP contribution in [0.4, 0.5) is 0 Å². The minimum absolute atomic E-state index is 0.0606. The molecule has 2 amide bonds. The topological polar surface area (TPSA) is 69.9 Å². The zero-order valence-corrected chi connectivity index (χ0v) is 17.3. The third-order valence-corrected chi connectivity index (χ3v) is 6.86. The van der Waals surface area contributed by atoms with E-state index in [1.807, 2.05) is 4.90 Å². The Kier molecular flexibility index (Phi) is 6.79. The van der Waals surface area contributed by atoms with Crippen LogP contribution in [0.15, 0.2) is 0 Å². The molecule has 0 spiro atoms. The SMILES string of the molecule is CC1(C)CN(CC(=O)N2CCC(C(=O)N3CCCCCC3)CC2)CCC1N. The lowest BCUT2D eigenvalue weighted by Gasteiger charge is -2.43. The van der Waals surface area contributed by atoms with E-state index in [-0.39, 0.29) is 23.3 Å². The van der Waals surface area contributed by atoms with E-state index >= 15 is 0 Å². The van der Waals surface area contributed by atoms with E-state index < -0.39 is 0 Å². The van der Waals surface area contributed by atoms with Crippen molar-refractivity contribution >= 4 is 11.8 Å². The number of hydrogen-bond donors (Lipinski definition) is 1. The summed E-state index contributed by atoms with van der Waals surface area (Å²) in [7, 11) is 0. The van der Waals surface area contributed by atoms with Gasteiger partial charge in [-0.15, -0.1) is 0 Å². The molecule has 3 rings (SSSR count). The quantitative estimate of drug-likeness (QED) is 0.811. The first-order chi connectivity index (χ1) is 12.9. The predicted octanol–water partition coefficient (Wildman–Crippen LogP) is 1.69. The Morgan fingerprint density at radius 3 is 2.11 bits per heavy atom. The molecule has 0 radical (unpaired) electrons. The van der Waals surface area contributed by atoms with Gasteiger partial charge in [0, 0.05) is 51.2 Å². The van der Waals surface area contributed by atoms with E-state index in [4.69, 9.17) is 5.73 Å². The van der Waals surface area contributed by atoms with Gasteiger partial charge in [0.25, 0.3) is 0 Å². The van der Waals surface area contributed by atoms with Gasteiger partial charge in [-0.05, 0) is 37.5 Å². The molecule has 1 atom stereocenters. The summed E-state index contributed by atoms with van der Waals surface area (Å²) >= 11 is 0. The Balaban J connectivity index is 1.44. The monoisotopic (exact) mass is 378 g/mol. The molecule has 27 heavy (non-hydrogen) atoms.